The second-order valence-electron chi connectivity index (χ2n) is 6.08. The number of hydrogen-bond acceptors (Lipinski definition) is 7. The molecule has 0 aliphatic carbocycles. The van der Waals surface area contributed by atoms with Crippen LogP contribution in [0.5, 0.6) is 0 Å². The van der Waals surface area contributed by atoms with Gasteiger partial charge < -0.3 is 31.5 Å². The number of thiol groups is 1. The van der Waals surface area contributed by atoms with Crippen molar-refractivity contribution in [2.45, 2.75) is 43.8 Å². The lowest BCUT2D eigenvalue weighted by Crippen LogP contribution is -2.54. The molecule has 0 spiro atoms. The predicted molar refractivity (Wildman–Crippen MR) is 96.0 cm³/mol. The van der Waals surface area contributed by atoms with E-state index in [1.165, 1.54) is 4.90 Å². The molecule has 1 aliphatic heterocycles. The lowest BCUT2D eigenvalue weighted by Gasteiger charge is -2.23. The van der Waals surface area contributed by atoms with Gasteiger partial charge in [0.25, 0.3) is 0 Å². The minimum Gasteiger partial charge on any atom is -0.481 e. The summed E-state index contributed by atoms with van der Waals surface area (Å²) < 4.78 is 0. The Morgan fingerprint density at radius 3 is 2.41 bits per heavy atom. The maximum atomic E-state index is 12.1. The quantitative estimate of drug-likeness (QED) is 0.222. The van der Waals surface area contributed by atoms with E-state index in [9.17, 15) is 24.0 Å². The SMILES string of the molecule is NC(CCC(=O)O)C(=O)NC(CS)C(=O)NCC(=O)N1CCCC1C(=O)O. The summed E-state index contributed by atoms with van der Waals surface area (Å²) in [7, 11) is 0. The molecule has 1 saturated heterocycles. The third kappa shape index (κ3) is 7.06. The third-order valence-corrected chi connectivity index (χ3v) is 4.46. The summed E-state index contributed by atoms with van der Waals surface area (Å²) in [6.45, 7) is -0.106. The summed E-state index contributed by atoms with van der Waals surface area (Å²) in [4.78, 5) is 59.0. The number of carboxylic acid groups (broad SMARTS) is 2. The first-order chi connectivity index (χ1) is 12.7. The molecule has 0 aromatic rings. The van der Waals surface area contributed by atoms with E-state index in [1.54, 1.807) is 0 Å². The van der Waals surface area contributed by atoms with E-state index >= 15 is 0 Å². The molecule has 1 aliphatic rings. The first kappa shape index (κ1) is 22.7. The van der Waals surface area contributed by atoms with Crippen molar-refractivity contribution in [3.05, 3.63) is 0 Å². The van der Waals surface area contributed by atoms with Gasteiger partial charge in [-0.1, -0.05) is 0 Å². The van der Waals surface area contributed by atoms with Crippen LogP contribution in [0.4, 0.5) is 0 Å². The maximum Gasteiger partial charge on any atom is 0.326 e. The summed E-state index contributed by atoms with van der Waals surface area (Å²) in [5.74, 6) is -4.18. The largest absolute Gasteiger partial charge is 0.481 e. The van der Waals surface area contributed by atoms with Gasteiger partial charge in [-0.15, -0.1) is 0 Å². The van der Waals surface area contributed by atoms with Gasteiger partial charge in [0.15, 0.2) is 0 Å². The zero-order valence-electron chi connectivity index (χ0n) is 14.6. The standard InChI is InChI=1S/C15H24N4O7S/c16-8(3-4-12(21)22)13(23)18-9(7-27)14(24)17-6-11(20)19-5-1-2-10(19)15(25)26/h8-10,27H,1-7,16H2,(H,17,24)(H,18,23)(H,21,22)(H,25,26). The van der Waals surface area contributed by atoms with Gasteiger partial charge in [0, 0.05) is 18.7 Å². The topological polar surface area (TPSA) is 179 Å². The average molecular weight is 404 g/mol. The van der Waals surface area contributed by atoms with Gasteiger partial charge in [-0.05, 0) is 19.3 Å². The highest BCUT2D eigenvalue weighted by molar-refractivity contribution is 7.80. The number of nitrogens with zero attached hydrogens (tertiary/aromatic N) is 1. The van der Waals surface area contributed by atoms with Crippen LogP contribution in [0, 0.1) is 0 Å². The van der Waals surface area contributed by atoms with Crippen LogP contribution in [0.1, 0.15) is 25.7 Å². The van der Waals surface area contributed by atoms with E-state index in [0.717, 1.165) is 0 Å². The monoisotopic (exact) mass is 404 g/mol. The summed E-state index contributed by atoms with van der Waals surface area (Å²) >= 11 is 3.97. The van der Waals surface area contributed by atoms with Crippen molar-refractivity contribution in [2.24, 2.45) is 5.73 Å². The van der Waals surface area contributed by atoms with E-state index in [0.29, 0.717) is 19.4 Å². The van der Waals surface area contributed by atoms with Gasteiger partial charge in [-0.25, -0.2) is 4.79 Å². The highest BCUT2D eigenvalue weighted by atomic mass is 32.1. The molecule has 1 heterocycles. The summed E-state index contributed by atoms with van der Waals surface area (Å²) in [6, 6.07) is -3.07. The molecule has 152 valence electrons. The first-order valence-electron chi connectivity index (χ1n) is 8.36. The second-order valence-corrected chi connectivity index (χ2v) is 6.45. The number of nitrogens with two attached hydrogens (primary N) is 1. The molecule has 0 saturated carbocycles. The zero-order chi connectivity index (χ0) is 20.6. The molecule has 6 N–H and O–H groups in total. The molecule has 0 bridgehead atoms. The molecule has 0 aromatic carbocycles. The van der Waals surface area contributed by atoms with E-state index < -0.39 is 54.3 Å². The lowest BCUT2D eigenvalue weighted by molar-refractivity contribution is -0.148. The van der Waals surface area contributed by atoms with Crippen molar-refractivity contribution >= 4 is 42.3 Å². The Labute approximate surface area is 161 Å². The minimum absolute atomic E-state index is 0.0706. The van der Waals surface area contributed by atoms with Crippen LogP contribution < -0.4 is 16.4 Å². The van der Waals surface area contributed by atoms with E-state index in [-0.39, 0.29) is 18.6 Å². The van der Waals surface area contributed by atoms with E-state index in [2.05, 4.69) is 23.3 Å². The molecular formula is C15H24N4O7S. The fourth-order valence-electron chi connectivity index (χ4n) is 2.59. The van der Waals surface area contributed by atoms with Crippen molar-refractivity contribution in [1.29, 1.82) is 0 Å². The van der Waals surface area contributed by atoms with Crippen LogP contribution >= 0.6 is 12.6 Å². The van der Waals surface area contributed by atoms with Gasteiger partial charge in [0.2, 0.25) is 17.7 Å². The number of amides is 3. The number of carbonyl (C=O) groups excluding carboxylic acids is 3. The van der Waals surface area contributed by atoms with Gasteiger partial charge in [0.1, 0.15) is 12.1 Å². The van der Waals surface area contributed by atoms with Crippen LogP contribution in [0.2, 0.25) is 0 Å². The molecule has 12 heteroatoms. The maximum absolute atomic E-state index is 12.1. The molecule has 3 amide bonds. The Bertz CT molecular complexity index is 601. The zero-order valence-corrected chi connectivity index (χ0v) is 15.5. The van der Waals surface area contributed by atoms with Crippen LogP contribution in [-0.2, 0) is 24.0 Å². The van der Waals surface area contributed by atoms with Crippen molar-refractivity contribution < 1.29 is 34.2 Å². The highest BCUT2D eigenvalue weighted by Crippen LogP contribution is 2.17. The van der Waals surface area contributed by atoms with Gasteiger partial charge >= 0.3 is 11.9 Å². The third-order valence-electron chi connectivity index (χ3n) is 4.09. The predicted octanol–water partition coefficient (Wildman–Crippen LogP) is -2.22. The molecule has 1 fully saturated rings. The summed E-state index contributed by atoms with van der Waals surface area (Å²) in [5, 5.41) is 22.4. The summed E-state index contributed by atoms with van der Waals surface area (Å²) in [6.07, 6.45) is 0.548. The fraction of sp³-hybridized carbons (Fsp3) is 0.667. The Kier molecular flexibility index (Phi) is 9.02. The Morgan fingerprint density at radius 2 is 1.85 bits per heavy atom. The Hall–Kier alpha value is -2.34. The normalized spacial score (nSPS) is 18.4. The van der Waals surface area contributed by atoms with Crippen molar-refractivity contribution in [2.75, 3.05) is 18.8 Å². The Balaban J connectivity index is 2.51. The van der Waals surface area contributed by atoms with Crippen LogP contribution in [0.15, 0.2) is 0 Å². The van der Waals surface area contributed by atoms with Crippen LogP contribution in [0.3, 0.4) is 0 Å². The molecule has 1 rings (SSSR count). The molecule has 3 unspecified atom stereocenters. The number of likely N-dealkylation sites (tertiary alicyclic amines) is 1. The Morgan fingerprint density at radius 1 is 1.19 bits per heavy atom. The highest BCUT2D eigenvalue weighted by Gasteiger charge is 2.34. The molecule has 0 aromatic heterocycles. The first-order valence-corrected chi connectivity index (χ1v) is 8.99. The molecular weight excluding hydrogens is 380 g/mol. The van der Waals surface area contributed by atoms with Crippen molar-refractivity contribution in [3.8, 4) is 0 Å². The number of rotatable bonds is 10. The van der Waals surface area contributed by atoms with Gasteiger partial charge in [-0.2, -0.15) is 12.6 Å². The fourth-order valence-corrected chi connectivity index (χ4v) is 2.85. The number of aliphatic carboxylic acids is 2. The smallest absolute Gasteiger partial charge is 0.326 e. The van der Waals surface area contributed by atoms with Crippen LogP contribution in [0.25, 0.3) is 0 Å². The lowest BCUT2D eigenvalue weighted by atomic mass is 10.1. The second kappa shape index (κ2) is 10.7. The van der Waals surface area contributed by atoms with Crippen molar-refractivity contribution in [3.63, 3.8) is 0 Å². The number of carboxylic acids is 2. The number of nitrogens with one attached hydrogen (secondary N) is 2. The number of hydrogen-bond donors (Lipinski definition) is 6. The molecule has 3 atom stereocenters. The minimum atomic E-state index is -1.10. The van der Waals surface area contributed by atoms with Gasteiger partial charge in [0.05, 0.1) is 12.6 Å². The van der Waals surface area contributed by atoms with Gasteiger partial charge in [-0.3, -0.25) is 19.2 Å². The van der Waals surface area contributed by atoms with Crippen LogP contribution in [-0.4, -0.2) is 81.7 Å². The molecule has 11 nitrogen and oxygen atoms in total. The molecule has 0 radical (unpaired) electrons. The summed E-state index contributed by atoms with van der Waals surface area (Å²) in [5.41, 5.74) is 5.57. The van der Waals surface area contributed by atoms with E-state index in [4.69, 9.17) is 15.9 Å². The number of carbonyl (C=O) groups is 5. The van der Waals surface area contributed by atoms with Crippen molar-refractivity contribution in [1.82, 2.24) is 15.5 Å². The van der Waals surface area contributed by atoms with E-state index in [1.807, 2.05) is 0 Å². The molecule has 27 heavy (non-hydrogen) atoms. The average Bonchev–Trinajstić information content (AvgIpc) is 3.11.